The maximum atomic E-state index is 12.4. The van der Waals surface area contributed by atoms with Crippen molar-refractivity contribution in [2.75, 3.05) is 32.7 Å². The number of likely N-dealkylation sites (tertiary alicyclic amines) is 2. The number of aromatic nitrogens is 3. The number of hydrogen-bond acceptors (Lipinski definition) is 4. The Morgan fingerprint density at radius 2 is 1.92 bits per heavy atom. The number of nitrogens with zero attached hydrogens (tertiary/aromatic N) is 5. The highest BCUT2D eigenvalue weighted by molar-refractivity contribution is 5.74. The fraction of sp³-hybridized carbons (Fsp3) is 0.611. The minimum atomic E-state index is 0.00676. The van der Waals surface area contributed by atoms with Gasteiger partial charge in [0.1, 0.15) is 0 Å². The van der Waals surface area contributed by atoms with Crippen molar-refractivity contribution >= 4 is 11.7 Å². The van der Waals surface area contributed by atoms with Gasteiger partial charge >= 0.3 is 6.03 Å². The molecule has 134 valence electrons. The maximum Gasteiger partial charge on any atom is 0.317 e. The summed E-state index contributed by atoms with van der Waals surface area (Å²) in [6.45, 7) is 5.83. The van der Waals surface area contributed by atoms with E-state index in [-0.39, 0.29) is 6.03 Å². The normalized spacial score (nSPS) is 19.6. The Morgan fingerprint density at radius 1 is 1.12 bits per heavy atom. The number of piperidine rings is 1. The van der Waals surface area contributed by atoms with Gasteiger partial charge in [0.15, 0.2) is 11.5 Å². The van der Waals surface area contributed by atoms with E-state index in [1.807, 2.05) is 33.7 Å². The Morgan fingerprint density at radius 3 is 2.72 bits per heavy atom. The lowest BCUT2D eigenvalue weighted by Crippen LogP contribution is -2.45. The summed E-state index contributed by atoms with van der Waals surface area (Å²) in [5, 5.41) is 11.3. The molecule has 0 bridgehead atoms. The number of carbonyl (C=O) groups excluding carboxylic acids is 1. The summed E-state index contributed by atoms with van der Waals surface area (Å²) in [4.78, 5) is 16.9. The van der Waals surface area contributed by atoms with Gasteiger partial charge in [-0.1, -0.05) is 6.07 Å². The Bertz CT molecular complexity index is 715. The number of nitrogens with one attached hydrogen (secondary N) is 1. The molecular weight excluding hydrogens is 316 g/mol. The van der Waals surface area contributed by atoms with Crippen LogP contribution in [-0.2, 0) is 6.54 Å². The van der Waals surface area contributed by atoms with Crippen molar-refractivity contribution in [1.29, 1.82) is 0 Å². The molecule has 0 saturated carbocycles. The molecule has 2 aromatic rings. The van der Waals surface area contributed by atoms with Gasteiger partial charge in [-0.05, 0) is 56.8 Å². The zero-order chi connectivity index (χ0) is 17.1. The number of urea groups is 1. The van der Waals surface area contributed by atoms with Gasteiger partial charge in [-0.25, -0.2) is 4.79 Å². The standard InChI is InChI=1S/C18H26N6O/c25-18(19-13-17-21-20-16-5-1-2-10-24(16)17)23-11-6-15(7-12-23)14-22-8-3-4-9-22/h1-2,5,10,15H,3-4,6-9,11-14H2,(H,19,25). The number of pyridine rings is 1. The van der Waals surface area contributed by atoms with Gasteiger partial charge < -0.3 is 15.1 Å². The molecule has 2 saturated heterocycles. The van der Waals surface area contributed by atoms with Crippen molar-refractivity contribution < 1.29 is 4.79 Å². The van der Waals surface area contributed by atoms with Gasteiger partial charge in [0.25, 0.3) is 0 Å². The summed E-state index contributed by atoms with van der Waals surface area (Å²) in [6, 6.07) is 5.78. The fourth-order valence-corrected chi connectivity index (χ4v) is 3.93. The second-order valence-corrected chi connectivity index (χ2v) is 7.14. The molecule has 0 radical (unpaired) electrons. The Hall–Kier alpha value is -2.15. The summed E-state index contributed by atoms with van der Waals surface area (Å²) < 4.78 is 1.91. The molecule has 2 aliphatic rings. The number of rotatable bonds is 4. The molecule has 4 heterocycles. The molecular formula is C18H26N6O. The van der Waals surface area contributed by atoms with Gasteiger partial charge in [0.05, 0.1) is 6.54 Å². The van der Waals surface area contributed by atoms with Crippen LogP contribution in [0.3, 0.4) is 0 Å². The van der Waals surface area contributed by atoms with E-state index in [1.54, 1.807) is 0 Å². The van der Waals surface area contributed by atoms with Crippen LogP contribution in [-0.4, -0.2) is 63.2 Å². The van der Waals surface area contributed by atoms with Crippen LogP contribution in [0.1, 0.15) is 31.5 Å². The predicted molar refractivity (Wildman–Crippen MR) is 95.2 cm³/mol. The smallest absolute Gasteiger partial charge is 0.317 e. The van der Waals surface area contributed by atoms with E-state index < -0.39 is 0 Å². The molecule has 4 rings (SSSR count). The molecule has 0 atom stereocenters. The average molecular weight is 342 g/mol. The second kappa shape index (κ2) is 7.39. The summed E-state index contributed by atoms with van der Waals surface area (Å²) in [7, 11) is 0. The Balaban J connectivity index is 1.25. The third-order valence-corrected chi connectivity index (χ3v) is 5.40. The first-order chi connectivity index (χ1) is 12.3. The van der Waals surface area contributed by atoms with Crippen molar-refractivity contribution in [3.63, 3.8) is 0 Å². The number of hydrogen-bond donors (Lipinski definition) is 1. The second-order valence-electron chi connectivity index (χ2n) is 7.14. The molecule has 0 unspecified atom stereocenters. The first-order valence-corrected chi connectivity index (χ1v) is 9.33. The summed E-state index contributed by atoms with van der Waals surface area (Å²) in [5.74, 6) is 1.50. The zero-order valence-electron chi connectivity index (χ0n) is 14.6. The number of amides is 2. The van der Waals surface area contributed by atoms with Gasteiger partial charge in [-0.2, -0.15) is 0 Å². The Labute approximate surface area is 148 Å². The zero-order valence-corrected chi connectivity index (χ0v) is 14.6. The highest BCUT2D eigenvalue weighted by atomic mass is 16.2. The van der Waals surface area contributed by atoms with E-state index in [2.05, 4.69) is 20.4 Å². The lowest BCUT2D eigenvalue weighted by Gasteiger charge is -2.33. The molecule has 1 N–H and O–H groups in total. The summed E-state index contributed by atoms with van der Waals surface area (Å²) in [6.07, 6.45) is 6.83. The minimum Gasteiger partial charge on any atom is -0.331 e. The van der Waals surface area contributed by atoms with Crippen molar-refractivity contribution in [2.24, 2.45) is 5.92 Å². The molecule has 7 nitrogen and oxygen atoms in total. The van der Waals surface area contributed by atoms with E-state index in [4.69, 9.17) is 0 Å². The van der Waals surface area contributed by atoms with E-state index in [1.165, 1.54) is 32.5 Å². The largest absolute Gasteiger partial charge is 0.331 e. The first kappa shape index (κ1) is 16.3. The monoisotopic (exact) mass is 342 g/mol. The third-order valence-electron chi connectivity index (χ3n) is 5.40. The predicted octanol–water partition coefficient (Wildman–Crippen LogP) is 1.75. The molecule has 2 aliphatic heterocycles. The van der Waals surface area contributed by atoms with Crippen LogP contribution in [0.15, 0.2) is 24.4 Å². The van der Waals surface area contributed by atoms with Crippen LogP contribution >= 0.6 is 0 Å². The van der Waals surface area contributed by atoms with Crippen LogP contribution in [0, 0.1) is 5.92 Å². The molecule has 25 heavy (non-hydrogen) atoms. The summed E-state index contributed by atoms with van der Waals surface area (Å²) in [5.41, 5.74) is 0.800. The highest BCUT2D eigenvalue weighted by Gasteiger charge is 2.25. The van der Waals surface area contributed by atoms with Crippen LogP contribution in [0.2, 0.25) is 0 Å². The molecule has 2 fully saturated rings. The molecule has 7 heteroatoms. The third kappa shape index (κ3) is 3.76. The fourth-order valence-electron chi connectivity index (χ4n) is 3.93. The first-order valence-electron chi connectivity index (χ1n) is 9.33. The van der Waals surface area contributed by atoms with E-state index >= 15 is 0 Å². The molecule has 0 aromatic carbocycles. The van der Waals surface area contributed by atoms with Crippen LogP contribution < -0.4 is 5.32 Å². The number of carbonyl (C=O) groups is 1. The van der Waals surface area contributed by atoms with Crippen molar-refractivity contribution in [3.8, 4) is 0 Å². The summed E-state index contributed by atoms with van der Waals surface area (Å²) >= 11 is 0. The van der Waals surface area contributed by atoms with Gasteiger partial charge in [0, 0.05) is 25.8 Å². The lowest BCUT2D eigenvalue weighted by atomic mass is 9.96. The SMILES string of the molecule is O=C(NCc1nnc2ccccn12)N1CCC(CN2CCCC2)CC1. The highest BCUT2D eigenvalue weighted by Crippen LogP contribution is 2.20. The van der Waals surface area contributed by atoms with Gasteiger partial charge in [0.2, 0.25) is 0 Å². The molecule has 2 aromatic heterocycles. The molecule has 2 amide bonds. The van der Waals surface area contributed by atoms with Crippen LogP contribution in [0.4, 0.5) is 4.79 Å². The van der Waals surface area contributed by atoms with E-state index in [0.717, 1.165) is 43.3 Å². The molecule has 0 spiro atoms. The van der Waals surface area contributed by atoms with Gasteiger partial charge in [-0.15, -0.1) is 10.2 Å². The lowest BCUT2D eigenvalue weighted by molar-refractivity contribution is 0.154. The minimum absolute atomic E-state index is 0.00676. The van der Waals surface area contributed by atoms with Gasteiger partial charge in [-0.3, -0.25) is 4.40 Å². The van der Waals surface area contributed by atoms with Crippen molar-refractivity contribution in [1.82, 2.24) is 29.7 Å². The quantitative estimate of drug-likeness (QED) is 0.919. The van der Waals surface area contributed by atoms with Crippen molar-refractivity contribution in [2.45, 2.75) is 32.2 Å². The van der Waals surface area contributed by atoms with Crippen LogP contribution in [0.5, 0.6) is 0 Å². The molecule has 0 aliphatic carbocycles. The number of fused-ring (bicyclic) bond motifs is 1. The van der Waals surface area contributed by atoms with Crippen molar-refractivity contribution in [3.05, 3.63) is 30.2 Å². The van der Waals surface area contributed by atoms with E-state index in [0.29, 0.717) is 6.54 Å². The Kier molecular flexibility index (Phi) is 4.83. The topological polar surface area (TPSA) is 65.8 Å². The van der Waals surface area contributed by atoms with Crippen LogP contribution in [0.25, 0.3) is 5.65 Å². The average Bonchev–Trinajstić information content (AvgIpc) is 3.30. The van der Waals surface area contributed by atoms with E-state index in [9.17, 15) is 4.79 Å². The maximum absolute atomic E-state index is 12.4.